The summed E-state index contributed by atoms with van der Waals surface area (Å²) in [6.07, 6.45) is -0.575. The summed E-state index contributed by atoms with van der Waals surface area (Å²) in [4.78, 5) is 11.6. The lowest BCUT2D eigenvalue weighted by atomic mass is 10.0. The molecule has 1 aliphatic heterocycles. The molecule has 0 unspecified atom stereocenters. The minimum atomic E-state index is -2.09. The molecule has 0 aromatic carbocycles. The summed E-state index contributed by atoms with van der Waals surface area (Å²) >= 11 is 0. The average Bonchev–Trinajstić information content (AvgIpc) is 2.24. The van der Waals surface area contributed by atoms with Gasteiger partial charge in [-0.15, -0.1) is 0 Å². The zero-order valence-electron chi connectivity index (χ0n) is 12.3. The fourth-order valence-corrected chi connectivity index (χ4v) is 8.84. The summed E-state index contributed by atoms with van der Waals surface area (Å²) in [7, 11) is -2.09. The van der Waals surface area contributed by atoms with E-state index in [1.54, 1.807) is 0 Å². The maximum Gasteiger partial charge on any atom is 0.250 e. The molecule has 1 rings (SSSR count). The van der Waals surface area contributed by atoms with Gasteiger partial charge in [0.1, 0.15) is 12.8 Å². The molecule has 3 nitrogen and oxygen atoms in total. The molecule has 18 heavy (non-hydrogen) atoms. The Morgan fingerprint density at radius 3 is 1.89 bits per heavy atom. The molecule has 5 heteroatoms. The topological polar surface area (TPSA) is 38.3 Å². The first-order chi connectivity index (χ1) is 8.27. The third-order valence-electron chi connectivity index (χ3n) is 4.16. The van der Waals surface area contributed by atoms with E-state index in [2.05, 4.69) is 46.9 Å². The van der Waals surface area contributed by atoms with Crippen LogP contribution >= 0.6 is 0 Å². The Bertz CT molecular complexity index is 286. The second-order valence-corrected chi connectivity index (χ2v) is 11.5. The largest absolute Gasteiger partial charge is 0.402 e. The Morgan fingerprint density at radius 1 is 1.17 bits per heavy atom. The third kappa shape index (κ3) is 2.47. The molecule has 2 atom stereocenters. The van der Waals surface area contributed by atoms with Gasteiger partial charge < -0.3 is 9.74 Å². The Morgan fingerprint density at radius 2 is 1.61 bits per heavy atom. The van der Waals surface area contributed by atoms with Gasteiger partial charge in [0.25, 0.3) is 5.91 Å². The normalized spacial score (nSPS) is 24.7. The lowest BCUT2D eigenvalue weighted by molar-refractivity contribution is -0.141. The average molecular weight is 275 g/mol. The van der Waals surface area contributed by atoms with E-state index in [0.29, 0.717) is 16.6 Å². The Kier molecular flexibility index (Phi) is 4.95. The van der Waals surface area contributed by atoms with Crippen LogP contribution in [0.4, 0.5) is 4.39 Å². The fraction of sp³-hybridized carbons (Fsp3) is 0.923. The number of hydrogen-bond donors (Lipinski definition) is 1. The molecule has 1 amide bonds. The molecule has 0 aromatic rings. The highest BCUT2D eigenvalue weighted by Gasteiger charge is 2.52. The first-order valence-corrected chi connectivity index (χ1v) is 8.95. The summed E-state index contributed by atoms with van der Waals surface area (Å²) in [5, 5.41) is 2.57. The van der Waals surface area contributed by atoms with Crippen molar-refractivity contribution in [1.29, 1.82) is 0 Å². The predicted octanol–water partition coefficient (Wildman–Crippen LogP) is 3.02. The van der Waals surface area contributed by atoms with Crippen molar-refractivity contribution in [2.24, 2.45) is 0 Å². The van der Waals surface area contributed by atoms with Crippen LogP contribution in [0.3, 0.4) is 0 Å². The highest BCUT2D eigenvalue weighted by atomic mass is 28.4. The molecule has 0 spiro atoms. The smallest absolute Gasteiger partial charge is 0.250 e. The fourth-order valence-electron chi connectivity index (χ4n) is 3.31. The Labute approximate surface area is 111 Å². The molecule has 0 radical (unpaired) electrons. The molecule has 0 bridgehead atoms. The van der Waals surface area contributed by atoms with Crippen molar-refractivity contribution < 1.29 is 13.6 Å². The SMILES string of the molecule is CC(C)[Si](O[C@H]1C(=O)N[C@H]1CF)(C(C)C)C(C)C. The van der Waals surface area contributed by atoms with Crippen LogP contribution in [0, 0.1) is 0 Å². The van der Waals surface area contributed by atoms with E-state index in [-0.39, 0.29) is 5.91 Å². The first kappa shape index (κ1) is 15.6. The van der Waals surface area contributed by atoms with Gasteiger partial charge >= 0.3 is 0 Å². The van der Waals surface area contributed by atoms with Crippen LogP contribution in [0.2, 0.25) is 16.6 Å². The van der Waals surface area contributed by atoms with Gasteiger partial charge in [-0.2, -0.15) is 0 Å². The summed E-state index contributed by atoms with van der Waals surface area (Å²) < 4.78 is 19.0. The number of β-lactam (4-membered cyclic amide) rings is 1. The molecule has 106 valence electrons. The highest BCUT2D eigenvalue weighted by molar-refractivity contribution is 6.77. The number of rotatable bonds is 6. The summed E-state index contributed by atoms with van der Waals surface area (Å²) in [6, 6.07) is -0.444. The maximum absolute atomic E-state index is 12.8. The lowest BCUT2D eigenvalue weighted by Crippen LogP contribution is -2.68. The molecule has 1 heterocycles. The van der Waals surface area contributed by atoms with E-state index < -0.39 is 27.1 Å². The van der Waals surface area contributed by atoms with Gasteiger partial charge in [0.2, 0.25) is 8.32 Å². The molecule has 1 aliphatic rings. The third-order valence-corrected chi connectivity index (χ3v) is 10.2. The molecule has 0 aliphatic carbocycles. The quantitative estimate of drug-likeness (QED) is 0.598. The number of alkyl halides is 1. The standard InChI is InChI=1S/C13H26FNO2Si/c1-8(2)18(9(3)4,10(5)6)17-12-11(7-14)15-13(12)16/h8-12H,7H2,1-6H3,(H,15,16)/t11-,12+/m0/s1. The maximum atomic E-state index is 12.8. The van der Waals surface area contributed by atoms with Crippen LogP contribution in [0.5, 0.6) is 0 Å². The van der Waals surface area contributed by atoms with Crippen molar-refractivity contribution >= 4 is 14.2 Å². The van der Waals surface area contributed by atoms with Crippen molar-refractivity contribution in [2.45, 2.75) is 70.3 Å². The van der Waals surface area contributed by atoms with E-state index in [0.717, 1.165) is 0 Å². The number of hydrogen-bond acceptors (Lipinski definition) is 2. The molecule has 1 fully saturated rings. The monoisotopic (exact) mass is 275 g/mol. The van der Waals surface area contributed by atoms with E-state index in [4.69, 9.17) is 4.43 Å². The number of carbonyl (C=O) groups is 1. The Balaban J connectivity index is 2.94. The highest BCUT2D eigenvalue weighted by Crippen LogP contribution is 2.43. The number of amides is 1. The minimum Gasteiger partial charge on any atom is -0.402 e. The van der Waals surface area contributed by atoms with Gasteiger partial charge in [-0.25, -0.2) is 4.39 Å². The molecule has 0 saturated carbocycles. The van der Waals surface area contributed by atoms with Crippen LogP contribution in [0.25, 0.3) is 0 Å². The van der Waals surface area contributed by atoms with Crippen LogP contribution < -0.4 is 5.32 Å². The van der Waals surface area contributed by atoms with Gasteiger partial charge in [-0.05, 0) is 16.6 Å². The lowest BCUT2D eigenvalue weighted by Gasteiger charge is -2.48. The van der Waals surface area contributed by atoms with Gasteiger partial charge in [-0.1, -0.05) is 41.5 Å². The van der Waals surface area contributed by atoms with Crippen molar-refractivity contribution in [3.63, 3.8) is 0 Å². The van der Waals surface area contributed by atoms with Crippen LogP contribution in [0.15, 0.2) is 0 Å². The molecular weight excluding hydrogens is 249 g/mol. The molecule has 0 aromatic heterocycles. The van der Waals surface area contributed by atoms with Gasteiger partial charge in [0, 0.05) is 0 Å². The van der Waals surface area contributed by atoms with Crippen LogP contribution in [-0.2, 0) is 9.22 Å². The zero-order valence-corrected chi connectivity index (χ0v) is 13.3. The minimum absolute atomic E-state index is 0.156. The van der Waals surface area contributed by atoms with Crippen LogP contribution in [0.1, 0.15) is 41.5 Å². The summed E-state index contributed by atoms with van der Waals surface area (Å²) in [6.45, 7) is 12.4. The van der Waals surface area contributed by atoms with E-state index in [9.17, 15) is 9.18 Å². The molecule has 1 N–H and O–H groups in total. The number of nitrogens with one attached hydrogen (secondary N) is 1. The number of halogens is 1. The van der Waals surface area contributed by atoms with Crippen molar-refractivity contribution in [3.05, 3.63) is 0 Å². The van der Waals surface area contributed by atoms with E-state index in [1.807, 2.05) is 0 Å². The number of carbonyl (C=O) groups excluding carboxylic acids is 1. The van der Waals surface area contributed by atoms with E-state index >= 15 is 0 Å². The van der Waals surface area contributed by atoms with Crippen molar-refractivity contribution in [2.75, 3.05) is 6.67 Å². The van der Waals surface area contributed by atoms with Crippen LogP contribution in [-0.4, -0.2) is 33.0 Å². The van der Waals surface area contributed by atoms with Gasteiger partial charge in [0.15, 0.2) is 0 Å². The second kappa shape index (κ2) is 5.69. The van der Waals surface area contributed by atoms with Gasteiger partial charge in [-0.3, -0.25) is 4.79 Å². The van der Waals surface area contributed by atoms with Gasteiger partial charge in [0.05, 0.1) is 6.04 Å². The Hall–Kier alpha value is -0.423. The molecule has 1 saturated heterocycles. The predicted molar refractivity (Wildman–Crippen MR) is 73.8 cm³/mol. The summed E-state index contributed by atoms with van der Waals surface area (Å²) in [5.41, 5.74) is 1.23. The van der Waals surface area contributed by atoms with Crippen molar-refractivity contribution in [3.8, 4) is 0 Å². The first-order valence-electron chi connectivity index (χ1n) is 6.81. The van der Waals surface area contributed by atoms with E-state index in [1.165, 1.54) is 0 Å². The zero-order chi connectivity index (χ0) is 14.1. The summed E-state index contributed by atoms with van der Waals surface area (Å²) in [5.74, 6) is -0.156. The second-order valence-electron chi connectivity index (χ2n) is 6.13. The molecular formula is C13H26FNO2Si. The van der Waals surface area contributed by atoms with Crippen molar-refractivity contribution in [1.82, 2.24) is 5.32 Å².